The highest BCUT2D eigenvalue weighted by Crippen LogP contribution is 2.26. The van der Waals surface area contributed by atoms with Gasteiger partial charge in [-0.3, -0.25) is 0 Å². The van der Waals surface area contributed by atoms with Crippen molar-refractivity contribution in [3.63, 3.8) is 0 Å². The number of aromatic nitrogens is 3. The maximum Gasteiger partial charge on any atom is 0.217 e. The maximum absolute atomic E-state index is 6.16. The van der Waals surface area contributed by atoms with Gasteiger partial charge in [0, 0.05) is 7.11 Å². The van der Waals surface area contributed by atoms with Crippen LogP contribution in [-0.2, 0) is 11.3 Å². The number of nitrogens with zero attached hydrogens (tertiary/aromatic N) is 3. The molecular weight excluding hydrogens is 304 g/mol. The molecule has 0 aliphatic carbocycles. The van der Waals surface area contributed by atoms with Crippen LogP contribution in [0.5, 0.6) is 0 Å². The van der Waals surface area contributed by atoms with Crippen LogP contribution in [-0.4, -0.2) is 21.7 Å². The largest absolute Gasteiger partial charge is 0.461 e. The van der Waals surface area contributed by atoms with Gasteiger partial charge in [-0.05, 0) is 47.0 Å². The Morgan fingerprint density at radius 2 is 2.04 bits per heavy atom. The molecule has 6 nitrogen and oxygen atoms in total. The van der Waals surface area contributed by atoms with Crippen LogP contribution < -0.4 is 5.73 Å². The first-order chi connectivity index (χ1) is 11.7. The van der Waals surface area contributed by atoms with E-state index in [1.165, 1.54) is 0 Å². The maximum atomic E-state index is 6.16. The van der Waals surface area contributed by atoms with Gasteiger partial charge in [0.25, 0.3) is 0 Å². The van der Waals surface area contributed by atoms with Crippen molar-refractivity contribution in [2.24, 2.45) is 0 Å². The molecule has 3 aromatic heterocycles. The molecule has 0 atom stereocenters. The van der Waals surface area contributed by atoms with Gasteiger partial charge in [-0.25, -0.2) is 4.98 Å². The summed E-state index contributed by atoms with van der Waals surface area (Å²) in [6.07, 6.45) is 1.59. The molecule has 2 N–H and O–H groups in total. The van der Waals surface area contributed by atoms with Gasteiger partial charge in [0.05, 0.1) is 12.9 Å². The molecular formula is C18H16N4O2. The number of nitrogens with two attached hydrogens (primary N) is 1. The first-order valence-electron chi connectivity index (χ1n) is 7.53. The molecule has 3 heterocycles. The lowest BCUT2D eigenvalue weighted by atomic mass is 10.0. The quantitative estimate of drug-likeness (QED) is 0.623. The minimum Gasteiger partial charge on any atom is -0.461 e. The second-order valence-electron chi connectivity index (χ2n) is 5.48. The second kappa shape index (κ2) is 5.82. The molecule has 0 aliphatic rings. The van der Waals surface area contributed by atoms with Gasteiger partial charge in [0.15, 0.2) is 11.4 Å². The number of hydrogen-bond donors (Lipinski definition) is 1. The zero-order valence-electron chi connectivity index (χ0n) is 13.1. The van der Waals surface area contributed by atoms with Crippen LogP contribution in [0.25, 0.3) is 28.4 Å². The summed E-state index contributed by atoms with van der Waals surface area (Å²) in [6.45, 7) is 0.569. The Hall–Kier alpha value is -3.12. The predicted octanol–water partition coefficient (Wildman–Crippen LogP) is 3.38. The molecule has 0 saturated heterocycles. The molecule has 0 unspecified atom stereocenters. The first-order valence-corrected chi connectivity index (χ1v) is 7.53. The third kappa shape index (κ3) is 2.53. The highest BCUT2D eigenvalue weighted by molar-refractivity contribution is 5.72. The SMILES string of the molecule is COCc1cccc(-c2cc(N)n3nc(-c4ccco4)nc3c2)c1. The highest BCUT2D eigenvalue weighted by atomic mass is 16.5. The molecule has 0 bridgehead atoms. The van der Waals surface area contributed by atoms with Crippen LogP contribution in [0.3, 0.4) is 0 Å². The van der Waals surface area contributed by atoms with Gasteiger partial charge in [-0.2, -0.15) is 4.52 Å². The fourth-order valence-corrected chi connectivity index (χ4v) is 2.69. The third-order valence-corrected chi connectivity index (χ3v) is 3.78. The lowest BCUT2D eigenvalue weighted by Gasteiger charge is -2.07. The van der Waals surface area contributed by atoms with Crippen LogP contribution in [0.15, 0.2) is 59.2 Å². The van der Waals surface area contributed by atoms with Gasteiger partial charge < -0.3 is 14.9 Å². The van der Waals surface area contributed by atoms with Crippen molar-refractivity contribution in [2.75, 3.05) is 12.8 Å². The van der Waals surface area contributed by atoms with E-state index in [1.54, 1.807) is 24.0 Å². The summed E-state index contributed by atoms with van der Waals surface area (Å²) in [5.74, 6) is 1.64. The van der Waals surface area contributed by atoms with Crippen molar-refractivity contribution in [1.29, 1.82) is 0 Å². The highest BCUT2D eigenvalue weighted by Gasteiger charge is 2.12. The van der Waals surface area contributed by atoms with Gasteiger partial charge in [-0.15, -0.1) is 5.10 Å². The standard InChI is InChI=1S/C18H16N4O2/c1-23-11-12-4-2-5-13(8-12)14-9-16(19)22-17(10-14)20-18(21-22)15-6-3-7-24-15/h2-10H,11,19H2,1H3. The number of nitrogen functional groups attached to an aromatic ring is 1. The van der Waals surface area contributed by atoms with Crippen LogP contribution >= 0.6 is 0 Å². The van der Waals surface area contributed by atoms with Crippen LogP contribution in [0, 0.1) is 0 Å². The smallest absolute Gasteiger partial charge is 0.217 e. The van der Waals surface area contributed by atoms with Crippen LogP contribution in [0.2, 0.25) is 0 Å². The lowest BCUT2D eigenvalue weighted by molar-refractivity contribution is 0.185. The molecule has 6 heteroatoms. The lowest BCUT2D eigenvalue weighted by Crippen LogP contribution is -1.99. The number of fused-ring (bicyclic) bond motifs is 1. The van der Waals surface area contributed by atoms with E-state index in [1.807, 2.05) is 36.4 Å². The fraction of sp³-hybridized carbons (Fsp3) is 0.111. The molecule has 24 heavy (non-hydrogen) atoms. The molecule has 0 aliphatic heterocycles. The third-order valence-electron chi connectivity index (χ3n) is 3.78. The molecule has 0 amide bonds. The number of benzene rings is 1. The second-order valence-corrected chi connectivity index (χ2v) is 5.48. The van der Waals surface area contributed by atoms with Gasteiger partial charge in [0.2, 0.25) is 5.82 Å². The number of rotatable bonds is 4. The van der Waals surface area contributed by atoms with Crippen LogP contribution in [0.1, 0.15) is 5.56 Å². The Kier molecular flexibility index (Phi) is 3.51. The number of furan rings is 1. The van der Waals surface area contributed by atoms with Crippen molar-refractivity contribution in [3.8, 4) is 22.7 Å². The Morgan fingerprint density at radius 1 is 1.12 bits per heavy atom. The van der Waals surface area contributed by atoms with E-state index in [2.05, 4.69) is 16.1 Å². The van der Waals surface area contributed by atoms with Crippen molar-refractivity contribution in [2.45, 2.75) is 6.61 Å². The number of pyridine rings is 1. The molecule has 4 aromatic rings. The zero-order chi connectivity index (χ0) is 16.5. The van der Waals surface area contributed by atoms with E-state index in [9.17, 15) is 0 Å². The summed E-state index contributed by atoms with van der Waals surface area (Å²) in [5, 5.41) is 4.40. The van der Waals surface area contributed by atoms with E-state index in [-0.39, 0.29) is 0 Å². The van der Waals surface area contributed by atoms with E-state index < -0.39 is 0 Å². The topological polar surface area (TPSA) is 78.6 Å². The summed E-state index contributed by atoms with van der Waals surface area (Å²) >= 11 is 0. The minimum atomic E-state index is 0.511. The molecule has 0 spiro atoms. The summed E-state index contributed by atoms with van der Waals surface area (Å²) in [7, 11) is 1.68. The average molecular weight is 320 g/mol. The van der Waals surface area contributed by atoms with Gasteiger partial charge in [-0.1, -0.05) is 18.2 Å². The van der Waals surface area contributed by atoms with Crippen molar-refractivity contribution in [1.82, 2.24) is 14.6 Å². The molecule has 120 valence electrons. The normalized spacial score (nSPS) is 11.2. The summed E-state index contributed by atoms with van der Waals surface area (Å²) in [6, 6.07) is 15.6. The molecule has 0 radical (unpaired) electrons. The van der Waals surface area contributed by atoms with E-state index in [0.29, 0.717) is 29.7 Å². The number of anilines is 1. The number of ether oxygens (including phenoxy) is 1. The average Bonchev–Trinajstić information content (AvgIpc) is 3.24. The molecule has 0 fully saturated rings. The van der Waals surface area contributed by atoms with Crippen molar-refractivity contribution < 1.29 is 9.15 Å². The summed E-state index contributed by atoms with van der Waals surface area (Å²) in [5.41, 5.74) is 9.98. The van der Waals surface area contributed by atoms with Gasteiger partial charge >= 0.3 is 0 Å². The number of methoxy groups -OCH3 is 1. The van der Waals surface area contributed by atoms with E-state index >= 15 is 0 Å². The molecule has 0 saturated carbocycles. The summed E-state index contributed by atoms with van der Waals surface area (Å²) in [4.78, 5) is 4.51. The molecule has 1 aromatic carbocycles. The predicted molar refractivity (Wildman–Crippen MR) is 91.3 cm³/mol. The number of hydrogen-bond acceptors (Lipinski definition) is 5. The molecule has 4 rings (SSSR count). The van der Waals surface area contributed by atoms with Crippen molar-refractivity contribution in [3.05, 3.63) is 60.4 Å². The monoisotopic (exact) mass is 320 g/mol. The summed E-state index contributed by atoms with van der Waals surface area (Å²) < 4.78 is 12.2. The fourth-order valence-electron chi connectivity index (χ4n) is 2.69. The van der Waals surface area contributed by atoms with Gasteiger partial charge in [0.1, 0.15) is 5.82 Å². The van der Waals surface area contributed by atoms with E-state index in [0.717, 1.165) is 16.7 Å². The van der Waals surface area contributed by atoms with Crippen LogP contribution in [0.4, 0.5) is 5.82 Å². The Bertz CT molecular complexity index is 990. The Balaban J connectivity index is 1.81. The first kappa shape index (κ1) is 14.5. The Morgan fingerprint density at radius 3 is 2.83 bits per heavy atom. The van der Waals surface area contributed by atoms with E-state index in [4.69, 9.17) is 14.9 Å². The minimum absolute atomic E-state index is 0.511. The zero-order valence-corrected chi connectivity index (χ0v) is 13.1. The van der Waals surface area contributed by atoms with Crippen molar-refractivity contribution >= 4 is 11.5 Å². The Labute approximate surface area is 138 Å².